The molecule has 2 aromatic rings. The summed E-state index contributed by atoms with van der Waals surface area (Å²) in [5, 5.41) is 3.11. The standard InChI is InChI=1S/C27H34F6S3/c1-18-14-16-35-23(18)21-22(26(30,31)27(32,33)25(21,28)29)24-19(2)20(17-36-24)13-11-9-7-5-3-4-6-8-10-12-15-34/h14,16-17,34H,3-13,15H2,1-2H3. The molecule has 0 bridgehead atoms. The van der Waals surface area contributed by atoms with E-state index in [0.29, 0.717) is 12.0 Å². The molecular formula is C27H34F6S3. The zero-order chi connectivity index (χ0) is 26.6. The largest absolute Gasteiger partial charge is 0.380 e. The zero-order valence-electron chi connectivity index (χ0n) is 20.7. The van der Waals surface area contributed by atoms with Gasteiger partial charge in [0.15, 0.2) is 0 Å². The zero-order valence-corrected chi connectivity index (χ0v) is 23.3. The van der Waals surface area contributed by atoms with Crippen LogP contribution in [0.5, 0.6) is 0 Å². The Bertz CT molecular complexity index is 1030. The number of allylic oxidation sites excluding steroid dienone is 2. The molecule has 2 heterocycles. The highest BCUT2D eigenvalue weighted by Crippen LogP contribution is 2.66. The lowest BCUT2D eigenvalue weighted by molar-refractivity contribution is -0.254. The Morgan fingerprint density at radius 3 is 1.69 bits per heavy atom. The van der Waals surface area contributed by atoms with Gasteiger partial charge in [0.05, 0.1) is 11.1 Å². The molecule has 0 aromatic carbocycles. The molecule has 202 valence electrons. The van der Waals surface area contributed by atoms with Gasteiger partial charge in [-0.15, -0.1) is 22.7 Å². The fourth-order valence-corrected chi connectivity index (χ4v) is 7.20. The third-order valence-electron chi connectivity index (χ3n) is 6.98. The predicted octanol–water partition coefficient (Wildman–Crippen LogP) is 10.6. The van der Waals surface area contributed by atoms with Crippen LogP contribution in [-0.2, 0) is 6.42 Å². The summed E-state index contributed by atoms with van der Waals surface area (Å²) in [5.74, 6) is -14.5. The van der Waals surface area contributed by atoms with Gasteiger partial charge in [-0.1, -0.05) is 51.4 Å². The molecule has 0 saturated heterocycles. The minimum atomic E-state index is -5.50. The van der Waals surface area contributed by atoms with E-state index in [2.05, 4.69) is 12.6 Å². The fourth-order valence-electron chi connectivity index (χ4n) is 4.75. The quantitative estimate of drug-likeness (QED) is 0.131. The minimum absolute atomic E-state index is 0.160. The number of halogens is 6. The summed E-state index contributed by atoms with van der Waals surface area (Å²) in [6.07, 6.45) is 12.0. The second kappa shape index (κ2) is 12.3. The monoisotopic (exact) mass is 568 g/mol. The van der Waals surface area contributed by atoms with Crippen molar-refractivity contribution in [2.45, 2.75) is 102 Å². The van der Waals surface area contributed by atoms with E-state index in [4.69, 9.17) is 0 Å². The van der Waals surface area contributed by atoms with Crippen LogP contribution in [0.4, 0.5) is 26.3 Å². The number of thiol groups is 1. The Morgan fingerprint density at radius 1 is 0.694 bits per heavy atom. The highest BCUT2D eigenvalue weighted by Gasteiger charge is 2.80. The number of unbranched alkanes of at least 4 members (excludes halogenated alkanes) is 9. The number of hydrogen-bond donors (Lipinski definition) is 1. The van der Waals surface area contributed by atoms with Crippen molar-refractivity contribution >= 4 is 46.4 Å². The molecule has 0 fully saturated rings. The molecule has 1 aliphatic carbocycles. The summed E-state index contributed by atoms with van der Waals surface area (Å²) in [4.78, 5) is -0.365. The predicted molar refractivity (Wildman–Crippen MR) is 143 cm³/mol. The van der Waals surface area contributed by atoms with E-state index in [1.165, 1.54) is 56.9 Å². The SMILES string of the molecule is Cc1ccsc1C1=C(c2scc(CCCCCCCCCCCCS)c2C)C(F)(F)C(F)(F)C1(F)F. The van der Waals surface area contributed by atoms with Gasteiger partial charge in [-0.3, -0.25) is 0 Å². The van der Waals surface area contributed by atoms with Crippen molar-refractivity contribution in [3.8, 4) is 0 Å². The van der Waals surface area contributed by atoms with Crippen LogP contribution < -0.4 is 0 Å². The van der Waals surface area contributed by atoms with Crippen LogP contribution in [0, 0.1) is 13.8 Å². The van der Waals surface area contributed by atoms with Crippen molar-refractivity contribution in [2.75, 3.05) is 5.75 Å². The maximum atomic E-state index is 15.0. The van der Waals surface area contributed by atoms with Crippen molar-refractivity contribution in [3.05, 3.63) is 43.3 Å². The Kier molecular flexibility index (Phi) is 10.1. The van der Waals surface area contributed by atoms with Gasteiger partial charge < -0.3 is 0 Å². The molecule has 0 amide bonds. The summed E-state index contributed by atoms with van der Waals surface area (Å²) in [6.45, 7) is 3.04. The molecule has 0 N–H and O–H groups in total. The van der Waals surface area contributed by atoms with Crippen LogP contribution in [0.25, 0.3) is 11.1 Å². The Hall–Kier alpha value is -0.930. The highest BCUT2D eigenvalue weighted by atomic mass is 32.1. The topological polar surface area (TPSA) is 0 Å². The lowest BCUT2D eigenvalue weighted by Crippen LogP contribution is -2.48. The third-order valence-corrected chi connectivity index (χ3v) is 9.48. The summed E-state index contributed by atoms with van der Waals surface area (Å²) < 4.78 is 88.7. The van der Waals surface area contributed by atoms with Crippen LogP contribution in [0.2, 0.25) is 0 Å². The summed E-state index contributed by atoms with van der Waals surface area (Å²) in [6, 6.07) is 1.48. The lowest BCUT2D eigenvalue weighted by Gasteiger charge is -2.25. The molecule has 3 rings (SSSR count). The molecule has 36 heavy (non-hydrogen) atoms. The molecule has 0 spiro atoms. The molecule has 0 nitrogen and oxygen atoms in total. The molecular weight excluding hydrogens is 534 g/mol. The average molecular weight is 569 g/mol. The van der Waals surface area contributed by atoms with E-state index in [9.17, 15) is 26.3 Å². The number of rotatable bonds is 14. The second-order valence-electron chi connectivity index (χ2n) is 9.63. The van der Waals surface area contributed by atoms with Crippen molar-refractivity contribution in [2.24, 2.45) is 0 Å². The van der Waals surface area contributed by atoms with Crippen molar-refractivity contribution in [3.63, 3.8) is 0 Å². The van der Waals surface area contributed by atoms with Crippen molar-refractivity contribution < 1.29 is 26.3 Å². The van der Waals surface area contributed by atoms with Gasteiger partial charge in [0, 0.05) is 9.75 Å². The van der Waals surface area contributed by atoms with Crippen LogP contribution in [0.15, 0.2) is 16.8 Å². The molecule has 9 heteroatoms. The average Bonchev–Trinajstić information content (AvgIpc) is 3.42. The minimum Gasteiger partial charge on any atom is -0.194 e. The van der Waals surface area contributed by atoms with Gasteiger partial charge in [0.25, 0.3) is 0 Å². The van der Waals surface area contributed by atoms with Gasteiger partial charge in [-0.25, -0.2) is 0 Å². The number of thiophene rings is 2. The van der Waals surface area contributed by atoms with E-state index in [1.807, 2.05) is 0 Å². The van der Waals surface area contributed by atoms with Crippen LogP contribution in [-0.4, -0.2) is 23.5 Å². The van der Waals surface area contributed by atoms with Crippen molar-refractivity contribution in [1.82, 2.24) is 0 Å². The van der Waals surface area contributed by atoms with Crippen LogP contribution in [0.1, 0.15) is 90.7 Å². The summed E-state index contributed by atoms with van der Waals surface area (Å²) in [7, 11) is 0. The molecule has 1 aliphatic rings. The first-order chi connectivity index (χ1) is 17.0. The van der Waals surface area contributed by atoms with E-state index in [1.54, 1.807) is 12.3 Å². The van der Waals surface area contributed by atoms with Crippen LogP contribution >= 0.6 is 35.3 Å². The second-order valence-corrected chi connectivity index (χ2v) is 11.9. The van der Waals surface area contributed by atoms with Gasteiger partial charge in [-0.05, 0) is 72.4 Å². The normalized spacial score (nSPS) is 18.4. The summed E-state index contributed by atoms with van der Waals surface area (Å²) >= 11 is 5.87. The van der Waals surface area contributed by atoms with Gasteiger partial charge in [-0.2, -0.15) is 39.0 Å². The van der Waals surface area contributed by atoms with E-state index < -0.39 is 28.9 Å². The first-order valence-electron chi connectivity index (χ1n) is 12.6. The maximum absolute atomic E-state index is 15.0. The van der Waals surface area contributed by atoms with Gasteiger partial charge in [0.1, 0.15) is 0 Å². The highest BCUT2D eigenvalue weighted by molar-refractivity contribution is 7.80. The van der Waals surface area contributed by atoms with Gasteiger partial charge in [0.2, 0.25) is 0 Å². The number of alkyl halides is 6. The first kappa shape index (κ1) is 29.6. The maximum Gasteiger partial charge on any atom is 0.380 e. The Balaban J connectivity index is 1.68. The summed E-state index contributed by atoms with van der Waals surface area (Å²) in [5.41, 5.74) is -0.995. The Labute approximate surface area is 223 Å². The molecule has 0 unspecified atom stereocenters. The number of aryl methyl sites for hydroxylation is 2. The van der Waals surface area contributed by atoms with Gasteiger partial charge >= 0.3 is 17.8 Å². The van der Waals surface area contributed by atoms with E-state index >= 15 is 0 Å². The first-order valence-corrected chi connectivity index (χ1v) is 15.0. The fraction of sp³-hybridized carbons (Fsp3) is 0.630. The molecule has 0 radical (unpaired) electrons. The Morgan fingerprint density at radius 2 is 1.19 bits per heavy atom. The van der Waals surface area contributed by atoms with E-state index in [0.717, 1.165) is 59.7 Å². The van der Waals surface area contributed by atoms with E-state index in [-0.39, 0.29) is 15.3 Å². The van der Waals surface area contributed by atoms with Crippen LogP contribution in [0.3, 0.4) is 0 Å². The smallest absolute Gasteiger partial charge is 0.194 e. The third kappa shape index (κ3) is 5.73. The molecule has 0 aliphatic heterocycles. The van der Waals surface area contributed by atoms with Crippen molar-refractivity contribution in [1.29, 1.82) is 0 Å². The lowest BCUT2D eigenvalue weighted by atomic mass is 9.98. The molecule has 2 aromatic heterocycles. The number of hydrogen-bond acceptors (Lipinski definition) is 3. The molecule has 0 saturated carbocycles. The molecule has 0 atom stereocenters.